The van der Waals surface area contributed by atoms with E-state index in [-0.39, 0.29) is 30.1 Å². The number of carbonyl (C=O) groups excluding carboxylic acids is 2. The van der Waals surface area contributed by atoms with Gasteiger partial charge in [-0.3, -0.25) is 14.6 Å². The second-order valence-electron chi connectivity index (χ2n) is 15.1. The average molecular weight is 636 g/mol. The number of likely N-dealkylation sites (tertiary alicyclic amines) is 2. The van der Waals surface area contributed by atoms with Crippen LogP contribution in [0.5, 0.6) is 11.8 Å². The number of amides is 1. The summed E-state index contributed by atoms with van der Waals surface area (Å²) in [5, 5.41) is 4.49. The fourth-order valence-corrected chi connectivity index (χ4v) is 7.84. The smallest absolute Gasteiger partial charge is 0.410 e. The van der Waals surface area contributed by atoms with Gasteiger partial charge < -0.3 is 18.7 Å². The van der Waals surface area contributed by atoms with Crippen molar-refractivity contribution in [3.63, 3.8) is 0 Å². The Morgan fingerprint density at radius 1 is 1.13 bits per heavy atom. The molecule has 46 heavy (non-hydrogen) atoms. The first-order valence-electron chi connectivity index (χ1n) is 16.9. The van der Waals surface area contributed by atoms with Crippen molar-refractivity contribution < 1.29 is 28.3 Å². The molecule has 3 fully saturated rings. The lowest BCUT2D eigenvalue weighted by Gasteiger charge is -2.36. The average Bonchev–Trinajstić information content (AvgIpc) is 3.69. The fraction of sp³-hybridized carbons (Fsp3) is 0.686. The summed E-state index contributed by atoms with van der Waals surface area (Å²) in [6.45, 7) is 15.0. The molecule has 2 saturated heterocycles. The lowest BCUT2D eigenvalue weighted by molar-refractivity contribution is -0.128. The summed E-state index contributed by atoms with van der Waals surface area (Å²) in [5.41, 5.74) is -0.259. The molecule has 1 amide bonds. The first-order valence-corrected chi connectivity index (χ1v) is 16.9. The van der Waals surface area contributed by atoms with E-state index in [1.165, 1.54) is 0 Å². The molecular weight excluding hydrogens is 586 g/mol. The number of aromatic nitrogens is 3. The summed E-state index contributed by atoms with van der Waals surface area (Å²) in [6.07, 6.45) is 9.19. The Kier molecular flexibility index (Phi) is 8.67. The van der Waals surface area contributed by atoms with Gasteiger partial charge in [0.05, 0.1) is 24.1 Å². The Hall–Kier alpha value is -3.47. The highest BCUT2D eigenvalue weighted by Gasteiger charge is 2.49. The van der Waals surface area contributed by atoms with Crippen molar-refractivity contribution in [1.82, 2.24) is 24.9 Å². The first kappa shape index (κ1) is 32.5. The van der Waals surface area contributed by atoms with E-state index < -0.39 is 16.6 Å². The van der Waals surface area contributed by atoms with Crippen LogP contribution in [0.1, 0.15) is 104 Å². The Balaban J connectivity index is 1.33. The van der Waals surface area contributed by atoms with Crippen LogP contribution in [0.2, 0.25) is 0 Å². The van der Waals surface area contributed by atoms with Gasteiger partial charge in [0.2, 0.25) is 11.8 Å². The van der Waals surface area contributed by atoms with Gasteiger partial charge in [-0.1, -0.05) is 18.2 Å². The zero-order valence-electron chi connectivity index (χ0n) is 28.3. The van der Waals surface area contributed by atoms with Gasteiger partial charge >= 0.3 is 6.09 Å². The molecule has 2 aromatic rings. The summed E-state index contributed by atoms with van der Waals surface area (Å²) >= 11 is 0. The van der Waals surface area contributed by atoms with Crippen molar-refractivity contribution in [3.8, 4) is 23.3 Å². The molecule has 11 heteroatoms. The van der Waals surface area contributed by atoms with Crippen molar-refractivity contribution >= 4 is 11.9 Å². The van der Waals surface area contributed by atoms with Crippen LogP contribution in [0.3, 0.4) is 0 Å². The van der Waals surface area contributed by atoms with E-state index in [0.717, 1.165) is 63.5 Å². The van der Waals surface area contributed by atoms with Crippen molar-refractivity contribution in [3.05, 3.63) is 30.0 Å². The Morgan fingerprint density at radius 3 is 2.59 bits per heavy atom. The SMILES string of the molecule is C=C[C@H](Oc1cc(OC2CN(C(=O)OC(C)(C)C)C(C)(C)C2)nc(-c2noc3c2CCC[C@@]32CCCCC2=O)n1)[C@@H]1CCCN1C. The molecule has 4 aliphatic rings. The molecule has 11 nitrogen and oxygen atoms in total. The monoisotopic (exact) mass is 635 g/mol. The van der Waals surface area contributed by atoms with E-state index in [2.05, 4.69) is 23.7 Å². The third-order valence-electron chi connectivity index (χ3n) is 10.1. The van der Waals surface area contributed by atoms with Crippen molar-refractivity contribution in [2.24, 2.45) is 0 Å². The molecule has 250 valence electrons. The van der Waals surface area contributed by atoms with E-state index in [9.17, 15) is 9.59 Å². The quantitative estimate of drug-likeness (QED) is 0.333. The van der Waals surface area contributed by atoms with E-state index >= 15 is 0 Å². The van der Waals surface area contributed by atoms with Crippen LogP contribution in [-0.4, -0.2) is 86.3 Å². The summed E-state index contributed by atoms with van der Waals surface area (Å²) < 4.78 is 24.7. The Bertz CT molecular complexity index is 1480. The molecule has 4 atom stereocenters. The van der Waals surface area contributed by atoms with Gasteiger partial charge in [0.15, 0.2) is 17.3 Å². The standard InChI is InChI=1S/C35H49N5O6/c1-8-25(24-14-12-18-39(24)7)44-28-19-27(43-22-20-34(5,6)40(21-22)32(42)45-33(2,3)4)36-31(37-28)29-23-13-11-17-35(30(23)46-38-29)16-10-9-15-26(35)41/h8,19,22,24-25H,1,9-18,20-21H2,2-7H3/t22?,24-,25-,35+/m0/s1. The highest BCUT2D eigenvalue weighted by Crippen LogP contribution is 2.47. The lowest BCUT2D eigenvalue weighted by Crippen LogP contribution is -2.45. The third kappa shape index (κ3) is 6.27. The van der Waals surface area contributed by atoms with Crippen molar-refractivity contribution in [1.29, 1.82) is 0 Å². The number of likely N-dealkylation sites (N-methyl/N-ethyl adjacent to an activating group) is 1. The topological polar surface area (TPSA) is 120 Å². The number of nitrogens with zero attached hydrogens (tertiary/aromatic N) is 5. The zero-order valence-corrected chi connectivity index (χ0v) is 28.3. The minimum absolute atomic E-state index is 0.176. The molecule has 1 unspecified atom stereocenters. The first-order chi connectivity index (χ1) is 21.8. The van der Waals surface area contributed by atoms with Crippen molar-refractivity contribution in [2.45, 2.75) is 134 Å². The lowest BCUT2D eigenvalue weighted by atomic mass is 9.64. The molecule has 0 N–H and O–H groups in total. The summed E-state index contributed by atoms with van der Waals surface area (Å²) in [4.78, 5) is 40.0. The molecule has 6 rings (SSSR count). The zero-order chi connectivity index (χ0) is 32.9. The van der Waals surface area contributed by atoms with Crippen LogP contribution in [0, 0.1) is 0 Å². The normalized spacial score (nSPS) is 27.0. The van der Waals surface area contributed by atoms with E-state index in [4.69, 9.17) is 28.7 Å². The highest BCUT2D eigenvalue weighted by molar-refractivity contribution is 5.91. The molecule has 1 saturated carbocycles. The minimum Gasteiger partial charge on any atom is -0.472 e. The van der Waals surface area contributed by atoms with Crippen LogP contribution >= 0.6 is 0 Å². The number of hydrogen-bond donors (Lipinski definition) is 0. The minimum atomic E-state index is -0.605. The third-order valence-corrected chi connectivity index (χ3v) is 10.1. The molecule has 0 bridgehead atoms. The second kappa shape index (κ2) is 12.3. The van der Waals surface area contributed by atoms with E-state index in [1.54, 1.807) is 11.0 Å². The predicted molar refractivity (Wildman–Crippen MR) is 172 cm³/mol. The maximum atomic E-state index is 13.3. The van der Waals surface area contributed by atoms with Crippen molar-refractivity contribution in [2.75, 3.05) is 20.1 Å². The summed E-state index contributed by atoms with van der Waals surface area (Å²) in [5.74, 6) is 1.94. The number of hydrogen-bond acceptors (Lipinski definition) is 10. The molecule has 2 aliphatic heterocycles. The summed E-state index contributed by atoms with van der Waals surface area (Å²) in [7, 11) is 2.10. The van der Waals surface area contributed by atoms with Gasteiger partial charge in [0, 0.05) is 23.9 Å². The predicted octanol–water partition coefficient (Wildman–Crippen LogP) is 6.04. The largest absolute Gasteiger partial charge is 0.472 e. The number of fused-ring (bicyclic) bond motifs is 2. The fourth-order valence-electron chi connectivity index (χ4n) is 7.84. The van der Waals surface area contributed by atoms with Gasteiger partial charge in [-0.2, -0.15) is 9.97 Å². The van der Waals surface area contributed by atoms with Gasteiger partial charge in [-0.05, 0) is 99.2 Å². The van der Waals surface area contributed by atoms with Gasteiger partial charge in [0.25, 0.3) is 0 Å². The number of Topliss-reactive ketones (excluding diaryl/α,β-unsaturated/α-hetero) is 1. The Morgan fingerprint density at radius 2 is 1.89 bits per heavy atom. The van der Waals surface area contributed by atoms with E-state index in [0.29, 0.717) is 48.4 Å². The number of carbonyl (C=O) groups is 2. The molecule has 0 radical (unpaired) electrons. The molecule has 0 aromatic carbocycles. The van der Waals surface area contributed by atoms with E-state index in [1.807, 2.05) is 40.7 Å². The number of ketones is 1. The Labute approximate surface area is 272 Å². The van der Waals surface area contributed by atoms with Crippen LogP contribution in [0.25, 0.3) is 11.5 Å². The maximum absolute atomic E-state index is 13.3. The molecular formula is C35H49N5O6. The van der Waals surface area contributed by atoms with Gasteiger partial charge in [-0.15, -0.1) is 0 Å². The number of ether oxygens (including phenoxy) is 3. The van der Waals surface area contributed by atoms with Crippen LogP contribution in [-0.2, 0) is 21.4 Å². The number of rotatable bonds is 7. The maximum Gasteiger partial charge on any atom is 0.410 e. The highest BCUT2D eigenvalue weighted by atomic mass is 16.6. The van der Waals surface area contributed by atoms with Crippen LogP contribution in [0.4, 0.5) is 4.79 Å². The molecule has 1 spiro atoms. The van der Waals surface area contributed by atoms with Crippen LogP contribution in [0.15, 0.2) is 23.2 Å². The van der Waals surface area contributed by atoms with Gasteiger partial charge in [-0.25, -0.2) is 4.79 Å². The molecule has 2 aliphatic carbocycles. The molecule has 4 heterocycles. The second-order valence-corrected chi connectivity index (χ2v) is 15.1. The van der Waals surface area contributed by atoms with Gasteiger partial charge in [0.1, 0.15) is 23.6 Å². The van der Waals surface area contributed by atoms with Crippen LogP contribution < -0.4 is 9.47 Å². The summed E-state index contributed by atoms with van der Waals surface area (Å²) in [6, 6.07) is 1.88. The molecule has 2 aromatic heterocycles.